The Labute approximate surface area is 108 Å². The van der Waals surface area contributed by atoms with Gasteiger partial charge in [0.1, 0.15) is 0 Å². The van der Waals surface area contributed by atoms with Gasteiger partial charge < -0.3 is 10.1 Å². The number of carbonyl (C=O) groups excluding carboxylic acids is 1. The Morgan fingerprint density at radius 1 is 1.37 bits per heavy atom. The van der Waals surface area contributed by atoms with E-state index in [4.69, 9.17) is 4.74 Å². The first kappa shape index (κ1) is 14.0. The van der Waals surface area contributed by atoms with Gasteiger partial charge in [0.2, 0.25) is 0 Å². The molecule has 3 nitrogen and oxygen atoms in total. The smallest absolute Gasteiger partial charge is 0.380 e. The molecule has 2 unspecified atom stereocenters. The molecule has 1 N–H and O–H groups in total. The Balaban J connectivity index is 2.25. The molecule has 104 valence electrons. The number of hydrogen-bond donors (Lipinski definition) is 1. The van der Waals surface area contributed by atoms with E-state index in [0.29, 0.717) is 13.0 Å². The van der Waals surface area contributed by atoms with Crippen LogP contribution in [0.1, 0.15) is 22.3 Å². The lowest BCUT2D eigenvalue weighted by Crippen LogP contribution is -2.32. The van der Waals surface area contributed by atoms with Gasteiger partial charge in [-0.3, -0.25) is 4.79 Å². The average Bonchev–Trinajstić information content (AvgIpc) is 2.85. The van der Waals surface area contributed by atoms with Gasteiger partial charge in [-0.1, -0.05) is 18.2 Å². The van der Waals surface area contributed by atoms with Gasteiger partial charge in [0.05, 0.1) is 17.7 Å². The van der Waals surface area contributed by atoms with E-state index >= 15 is 0 Å². The van der Waals surface area contributed by atoms with Gasteiger partial charge in [0.25, 0.3) is 0 Å². The molecule has 1 saturated heterocycles. The Morgan fingerprint density at radius 3 is 2.63 bits per heavy atom. The summed E-state index contributed by atoms with van der Waals surface area (Å²) in [7, 11) is 1.52. The molecule has 19 heavy (non-hydrogen) atoms. The molecule has 0 aliphatic carbocycles. The fraction of sp³-hybridized carbons (Fsp3) is 0.462. The van der Waals surface area contributed by atoms with Gasteiger partial charge in [-0.25, -0.2) is 0 Å². The van der Waals surface area contributed by atoms with Crippen molar-refractivity contribution in [2.75, 3.05) is 13.7 Å². The monoisotopic (exact) mass is 273 g/mol. The van der Waals surface area contributed by atoms with Crippen LogP contribution >= 0.6 is 0 Å². The summed E-state index contributed by atoms with van der Waals surface area (Å²) in [5.74, 6) is -0.535. The van der Waals surface area contributed by atoms with Crippen LogP contribution in [-0.2, 0) is 10.9 Å². The fourth-order valence-electron chi connectivity index (χ4n) is 2.22. The maximum atomic E-state index is 12.8. The molecule has 2 rings (SSSR count). The van der Waals surface area contributed by atoms with Crippen molar-refractivity contribution in [1.29, 1.82) is 0 Å². The molecule has 0 spiro atoms. The number of ketones is 1. The minimum Gasteiger partial charge on any atom is -0.380 e. The second-order valence-corrected chi connectivity index (χ2v) is 4.46. The normalized spacial score (nSPS) is 23.6. The Kier molecular flexibility index (Phi) is 3.91. The second kappa shape index (κ2) is 5.30. The van der Waals surface area contributed by atoms with Crippen molar-refractivity contribution < 1.29 is 22.7 Å². The van der Waals surface area contributed by atoms with E-state index in [1.165, 1.54) is 25.3 Å². The highest BCUT2D eigenvalue weighted by atomic mass is 19.4. The van der Waals surface area contributed by atoms with Crippen molar-refractivity contribution in [3.8, 4) is 0 Å². The van der Waals surface area contributed by atoms with E-state index in [1.807, 2.05) is 0 Å². The number of alkyl halides is 3. The lowest BCUT2D eigenvalue weighted by atomic mass is 9.97. The van der Waals surface area contributed by atoms with E-state index in [9.17, 15) is 18.0 Å². The number of nitrogens with one attached hydrogen (secondary N) is 1. The standard InChI is InChI=1S/C13H14F3NO2/c1-19-8-6-11(17-7-8)12(18)9-4-2-3-5-10(9)13(14,15)16/h2-5,8,11,17H,6-7H2,1H3. The molecule has 0 aromatic heterocycles. The van der Waals surface area contributed by atoms with Crippen molar-refractivity contribution in [3.63, 3.8) is 0 Å². The van der Waals surface area contributed by atoms with Crippen molar-refractivity contribution in [2.24, 2.45) is 0 Å². The Hall–Kier alpha value is -1.40. The van der Waals surface area contributed by atoms with Crippen LogP contribution in [0.3, 0.4) is 0 Å². The molecule has 1 aliphatic heterocycles. The minimum absolute atomic E-state index is 0.132. The lowest BCUT2D eigenvalue weighted by molar-refractivity contribution is -0.137. The first-order valence-corrected chi connectivity index (χ1v) is 5.90. The highest BCUT2D eigenvalue weighted by Gasteiger charge is 2.38. The molecular weight excluding hydrogens is 259 g/mol. The van der Waals surface area contributed by atoms with E-state index in [-0.39, 0.29) is 11.7 Å². The molecule has 1 fully saturated rings. The van der Waals surface area contributed by atoms with Crippen molar-refractivity contribution in [3.05, 3.63) is 35.4 Å². The summed E-state index contributed by atoms with van der Waals surface area (Å²) in [4.78, 5) is 12.2. The number of carbonyl (C=O) groups is 1. The second-order valence-electron chi connectivity index (χ2n) is 4.46. The van der Waals surface area contributed by atoms with Crippen molar-refractivity contribution in [2.45, 2.75) is 24.7 Å². The molecule has 0 amide bonds. The SMILES string of the molecule is COC1CNC(C(=O)c2ccccc2C(F)(F)F)C1. The van der Waals surface area contributed by atoms with Crippen LogP contribution in [0.25, 0.3) is 0 Å². The molecule has 0 saturated carbocycles. The molecular formula is C13H14F3NO2. The number of halogens is 3. The topological polar surface area (TPSA) is 38.3 Å². The van der Waals surface area contributed by atoms with Gasteiger partial charge in [-0.2, -0.15) is 13.2 Å². The molecule has 1 heterocycles. The molecule has 1 aromatic carbocycles. The van der Waals surface area contributed by atoms with Crippen molar-refractivity contribution in [1.82, 2.24) is 5.32 Å². The largest absolute Gasteiger partial charge is 0.417 e. The van der Waals surface area contributed by atoms with Gasteiger partial charge in [0, 0.05) is 19.2 Å². The summed E-state index contributed by atoms with van der Waals surface area (Å²) in [5.41, 5.74) is -1.17. The third-order valence-electron chi connectivity index (χ3n) is 3.24. The summed E-state index contributed by atoms with van der Waals surface area (Å²) >= 11 is 0. The van der Waals surface area contributed by atoms with Gasteiger partial charge >= 0.3 is 6.18 Å². The Bertz CT molecular complexity index is 473. The quantitative estimate of drug-likeness (QED) is 0.859. The van der Waals surface area contributed by atoms with Crippen LogP contribution in [0.4, 0.5) is 13.2 Å². The Morgan fingerprint density at radius 2 is 2.05 bits per heavy atom. The number of hydrogen-bond acceptors (Lipinski definition) is 3. The minimum atomic E-state index is -4.52. The van der Waals surface area contributed by atoms with Crippen LogP contribution in [-0.4, -0.2) is 31.6 Å². The first-order valence-electron chi connectivity index (χ1n) is 5.90. The van der Waals surface area contributed by atoms with Crippen LogP contribution in [0.5, 0.6) is 0 Å². The summed E-state index contributed by atoms with van der Waals surface area (Å²) < 4.78 is 43.6. The van der Waals surface area contributed by atoms with E-state index in [1.54, 1.807) is 0 Å². The van der Waals surface area contributed by atoms with Crippen LogP contribution in [0.15, 0.2) is 24.3 Å². The van der Waals surface area contributed by atoms with Crippen molar-refractivity contribution >= 4 is 5.78 Å². The number of rotatable bonds is 3. The summed E-state index contributed by atoms with van der Waals surface area (Å²) in [6, 6.07) is 4.24. The van der Waals surface area contributed by atoms with Gasteiger partial charge in [0.15, 0.2) is 5.78 Å². The number of Topliss-reactive ketones (excluding diaryl/α,β-unsaturated/α-hetero) is 1. The van der Waals surface area contributed by atoms with Gasteiger partial charge in [-0.05, 0) is 12.5 Å². The molecule has 2 atom stereocenters. The van der Waals surface area contributed by atoms with Crippen LogP contribution < -0.4 is 5.32 Å². The lowest BCUT2D eigenvalue weighted by Gasteiger charge is -2.15. The summed E-state index contributed by atoms with van der Waals surface area (Å²) in [6.07, 6.45) is -4.26. The highest BCUT2D eigenvalue weighted by Crippen LogP contribution is 2.32. The molecule has 1 aliphatic rings. The number of ether oxygens (including phenoxy) is 1. The first-order chi connectivity index (χ1) is 8.93. The molecule has 6 heteroatoms. The zero-order valence-corrected chi connectivity index (χ0v) is 10.3. The fourth-order valence-corrected chi connectivity index (χ4v) is 2.22. The average molecular weight is 273 g/mol. The van der Waals surface area contributed by atoms with Gasteiger partial charge in [-0.15, -0.1) is 0 Å². The third kappa shape index (κ3) is 2.96. The number of benzene rings is 1. The highest BCUT2D eigenvalue weighted by molar-refractivity contribution is 6.01. The van der Waals surface area contributed by atoms with E-state index < -0.39 is 23.6 Å². The van der Waals surface area contributed by atoms with E-state index in [2.05, 4.69) is 5.32 Å². The van der Waals surface area contributed by atoms with E-state index in [0.717, 1.165) is 6.07 Å². The zero-order valence-electron chi connectivity index (χ0n) is 10.3. The van der Waals surface area contributed by atoms with Crippen LogP contribution in [0.2, 0.25) is 0 Å². The maximum Gasteiger partial charge on any atom is 0.417 e. The predicted molar refractivity (Wildman–Crippen MR) is 63.0 cm³/mol. The summed E-state index contributed by atoms with van der Waals surface area (Å²) in [6.45, 7) is 0.473. The molecule has 0 radical (unpaired) electrons. The van der Waals surface area contributed by atoms with Crippen LogP contribution in [0, 0.1) is 0 Å². The maximum absolute atomic E-state index is 12.8. The predicted octanol–water partition coefficient (Wildman–Crippen LogP) is 2.26. The molecule has 1 aromatic rings. The number of methoxy groups -OCH3 is 1. The summed E-state index contributed by atoms with van der Waals surface area (Å²) in [5, 5.41) is 2.89. The molecule has 0 bridgehead atoms. The zero-order chi connectivity index (χ0) is 14.0. The third-order valence-corrected chi connectivity index (χ3v) is 3.24.